The zero-order chi connectivity index (χ0) is 12.1. The molecule has 0 spiro atoms. The molecule has 0 amide bonds. The van der Waals surface area contributed by atoms with Crippen LogP contribution in [-0.4, -0.2) is 18.1 Å². The minimum atomic E-state index is 0.586. The molecule has 1 fully saturated rings. The number of nitrogens with zero attached hydrogens (tertiary/aromatic N) is 1. The fraction of sp³-hybridized carbons (Fsp3) is 0.643. The second kappa shape index (κ2) is 5.39. The van der Waals surface area contributed by atoms with E-state index in [0.717, 1.165) is 24.5 Å². The number of aromatic nitrogens is 1. The first-order valence-electron chi connectivity index (χ1n) is 6.71. The summed E-state index contributed by atoms with van der Waals surface area (Å²) in [6.45, 7) is 6.40. The molecule has 0 aromatic carbocycles. The van der Waals surface area contributed by atoms with Crippen molar-refractivity contribution < 1.29 is 0 Å². The Hall–Kier alpha value is -1.25. The summed E-state index contributed by atoms with van der Waals surface area (Å²) in [6.07, 6.45) is 9.18. The lowest BCUT2D eigenvalue weighted by Crippen LogP contribution is -2.15. The van der Waals surface area contributed by atoms with E-state index in [9.17, 15) is 0 Å². The van der Waals surface area contributed by atoms with Crippen molar-refractivity contribution in [2.45, 2.75) is 39.5 Å². The van der Waals surface area contributed by atoms with Gasteiger partial charge in [0.25, 0.3) is 0 Å². The molecule has 0 radical (unpaired) electrons. The normalized spacial score (nSPS) is 16.6. The maximum absolute atomic E-state index is 4.25. The topological polar surface area (TPSA) is 37.0 Å². The van der Waals surface area contributed by atoms with E-state index in [1.54, 1.807) is 0 Å². The third-order valence-corrected chi connectivity index (χ3v) is 3.52. The minimum absolute atomic E-state index is 0.586. The maximum atomic E-state index is 4.25. The van der Waals surface area contributed by atoms with Crippen LogP contribution in [0.25, 0.3) is 0 Å². The van der Waals surface area contributed by atoms with Crippen molar-refractivity contribution in [1.82, 2.24) is 4.98 Å². The van der Waals surface area contributed by atoms with Crippen LogP contribution in [0.3, 0.4) is 0 Å². The second-order valence-electron chi connectivity index (χ2n) is 5.10. The van der Waals surface area contributed by atoms with Crippen LogP contribution >= 0.6 is 0 Å². The lowest BCUT2D eigenvalue weighted by atomic mass is 10.0. The smallest absolute Gasteiger partial charge is 0.0547 e. The predicted octanol–water partition coefficient (Wildman–Crippen LogP) is 3.51. The first-order chi connectivity index (χ1) is 8.28. The summed E-state index contributed by atoms with van der Waals surface area (Å²) >= 11 is 0. The second-order valence-corrected chi connectivity index (χ2v) is 5.10. The largest absolute Gasteiger partial charge is 0.384 e. The van der Waals surface area contributed by atoms with Crippen LogP contribution in [0.4, 0.5) is 11.4 Å². The summed E-state index contributed by atoms with van der Waals surface area (Å²) in [6, 6.07) is 2.14. The molecule has 1 aromatic heterocycles. The van der Waals surface area contributed by atoms with E-state index in [1.165, 1.54) is 25.7 Å². The average Bonchev–Trinajstić information content (AvgIpc) is 3.09. The highest BCUT2D eigenvalue weighted by molar-refractivity contribution is 5.54. The molecule has 2 rings (SSSR count). The van der Waals surface area contributed by atoms with Crippen LogP contribution in [0, 0.1) is 5.41 Å². The minimum Gasteiger partial charge on any atom is -0.384 e. The molecule has 1 saturated carbocycles. The standard InChI is InChI=1S/C14H23N3/c1-3-5-14(6-7-14)11-17-13-8-12(16-4-2)9-15-10-13/h8-10,16-17H,3-7,11H2,1-2H3. The van der Waals surface area contributed by atoms with E-state index in [4.69, 9.17) is 0 Å². The van der Waals surface area contributed by atoms with Crippen LogP contribution < -0.4 is 10.6 Å². The highest BCUT2D eigenvalue weighted by atomic mass is 14.9. The van der Waals surface area contributed by atoms with Gasteiger partial charge >= 0.3 is 0 Å². The average molecular weight is 233 g/mol. The molecule has 1 aliphatic rings. The Morgan fingerprint density at radius 3 is 2.47 bits per heavy atom. The van der Waals surface area contributed by atoms with E-state index in [2.05, 4.69) is 35.5 Å². The monoisotopic (exact) mass is 233 g/mol. The quantitative estimate of drug-likeness (QED) is 0.756. The van der Waals surface area contributed by atoms with Crippen molar-refractivity contribution in [3.8, 4) is 0 Å². The summed E-state index contributed by atoms with van der Waals surface area (Å²) in [4.78, 5) is 4.25. The van der Waals surface area contributed by atoms with E-state index >= 15 is 0 Å². The van der Waals surface area contributed by atoms with E-state index in [0.29, 0.717) is 5.41 Å². The van der Waals surface area contributed by atoms with Crippen LogP contribution in [-0.2, 0) is 0 Å². The molecule has 2 N–H and O–H groups in total. The zero-order valence-electron chi connectivity index (χ0n) is 10.9. The highest BCUT2D eigenvalue weighted by Gasteiger charge is 2.40. The van der Waals surface area contributed by atoms with Crippen molar-refractivity contribution in [3.63, 3.8) is 0 Å². The van der Waals surface area contributed by atoms with Gasteiger partial charge in [0.1, 0.15) is 0 Å². The van der Waals surface area contributed by atoms with Gasteiger partial charge in [0.05, 0.1) is 23.8 Å². The molecular weight excluding hydrogens is 210 g/mol. The third-order valence-electron chi connectivity index (χ3n) is 3.52. The van der Waals surface area contributed by atoms with Gasteiger partial charge in [-0.1, -0.05) is 13.3 Å². The van der Waals surface area contributed by atoms with Crippen molar-refractivity contribution in [2.75, 3.05) is 23.7 Å². The van der Waals surface area contributed by atoms with Gasteiger partial charge < -0.3 is 10.6 Å². The predicted molar refractivity (Wildman–Crippen MR) is 73.5 cm³/mol. The van der Waals surface area contributed by atoms with Crippen molar-refractivity contribution >= 4 is 11.4 Å². The Bertz CT molecular complexity index is 358. The molecule has 3 heteroatoms. The molecule has 0 aliphatic heterocycles. The van der Waals surface area contributed by atoms with Gasteiger partial charge in [-0.2, -0.15) is 0 Å². The van der Waals surface area contributed by atoms with Gasteiger partial charge in [0, 0.05) is 13.1 Å². The summed E-state index contributed by atoms with van der Waals surface area (Å²) < 4.78 is 0. The number of rotatable bonds is 7. The molecule has 3 nitrogen and oxygen atoms in total. The number of nitrogens with one attached hydrogen (secondary N) is 2. The van der Waals surface area contributed by atoms with Crippen LogP contribution in [0.5, 0.6) is 0 Å². The van der Waals surface area contributed by atoms with Gasteiger partial charge in [0.2, 0.25) is 0 Å². The van der Waals surface area contributed by atoms with Gasteiger partial charge in [-0.3, -0.25) is 4.98 Å². The van der Waals surface area contributed by atoms with Gasteiger partial charge in [-0.25, -0.2) is 0 Å². The Morgan fingerprint density at radius 1 is 1.18 bits per heavy atom. The first kappa shape index (κ1) is 12.2. The summed E-state index contributed by atoms with van der Waals surface area (Å²) in [7, 11) is 0. The third kappa shape index (κ3) is 3.35. The molecule has 1 heterocycles. The molecule has 1 aromatic rings. The fourth-order valence-electron chi connectivity index (χ4n) is 2.35. The molecule has 17 heavy (non-hydrogen) atoms. The fourth-order valence-corrected chi connectivity index (χ4v) is 2.35. The Labute approximate surface area is 104 Å². The number of hydrogen-bond acceptors (Lipinski definition) is 3. The van der Waals surface area contributed by atoms with E-state index < -0.39 is 0 Å². The number of pyridine rings is 1. The number of anilines is 2. The molecule has 0 bridgehead atoms. The first-order valence-corrected chi connectivity index (χ1v) is 6.71. The highest BCUT2D eigenvalue weighted by Crippen LogP contribution is 2.49. The van der Waals surface area contributed by atoms with Crippen LogP contribution in [0.15, 0.2) is 18.5 Å². The summed E-state index contributed by atoms with van der Waals surface area (Å²) in [5.74, 6) is 0. The van der Waals surface area contributed by atoms with E-state index in [1.807, 2.05) is 12.4 Å². The van der Waals surface area contributed by atoms with Crippen molar-refractivity contribution in [1.29, 1.82) is 0 Å². The lowest BCUT2D eigenvalue weighted by molar-refractivity contribution is 0.485. The van der Waals surface area contributed by atoms with Gasteiger partial charge in [0.15, 0.2) is 0 Å². The lowest BCUT2D eigenvalue weighted by Gasteiger charge is -2.16. The SMILES string of the molecule is CCCC1(CNc2cncc(NCC)c2)CC1. The number of hydrogen-bond donors (Lipinski definition) is 2. The van der Waals surface area contributed by atoms with Crippen LogP contribution in [0.2, 0.25) is 0 Å². The molecule has 0 saturated heterocycles. The zero-order valence-corrected chi connectivity index (χ0v) is 10.9. The van der Waals surface area contributed by atoms with Crippen LogP contribution in [0.1, 0.15) is 39.5 Å². The molecule has 0 atom stereocenters. The van der Waals surface area contributed by atoms with Gasteiger partial charge in [-0.05, 0) is 37.7 Å². The Kier molecular flexibility index (Phi) is 3.87. The Balaban J connectivity index is 1.88. The molecule has 0 unspecified atom stereocenters. The maximum Gasteiger partial charge on any atom is 0.0547 e. The summed E-state index contributed by atoms with van der Waals surface area (Å²) in [5, 5.41) is 6.81. The van der Waals surface area contributed by atoms with Crippen molar-refractivity contribution in [3.05, 3.63) is 18.5 Å². The molecule has 1 aliphatic carbocycles. The Morgan fingerprint density at radius 2 is 1.88 bits per heavy atom. The van der Waals surface area contributed by atoms with Crippen molar-refractivity contribution in [2.24, 2.45) is 5.41 Å². The molecular formula is C14H23N3. The van der Waals surface area contributed by atoms with Gasteiger partial charge in [-0.15, -0.1) is 0 Å². The van der Waals surface area contributed by atoms with E-state index in [-0.39, 0.29) is 0 Å². The summed E-state index contributed by atoms with van der Waals surface area (Å²) in [5.41, 5.74) is 2.81. The molecule has 94 valence electrons.